The fourth-order valence-corrected chi connectivity index (χ4v) is 2.84. The molecule has 1 aromatic rings. The summed E-state index contributed by atoms with van der Waals surface area (Å²) in [4.78, 5) is 2.38. The molecule has 1 saturated heterocycles. The van der Waals surface area contributed by atoms with Crippen LogP contribution < -0.4 is 5.32 Å². The van der Waals surface area contributed by atoms with Gasteiger partial charge in [-0.3, -0.25) is 4.90 Å². The van der Waals surface area contributed by atoms with Crippen molar-refractivity contribution in [3.05, 3.63) is 34.6 Å². The van der Waals surface area contributed by atoms with Gasteiger partial charge in [0.15, 0.2) is 0 Å². The van der Waals surface area contributed by atoms with Gasteiger partial charge in [0, 0.05) is 42.8 Å². The lowest BCUT2D eigenvalue weighted by molar-refractivity contribution is 0.151. The van der Waals surface area contributed by atoms with E-state index < -0.39 is 0 Å². The molecule has 5 heteroatoms. The van der Waals surface area contributed by atoms with Gasteiger partial charge in [-0.2, -0.15) is 0 Å². The highest BCUT2D eigenvalue weighted by Crippen LogP contribution is 2.31. The minimum Gasteiger partial charge on any atom is -0.314 e. The number of hydrogen-bond acceptors (Lipinski definition) is 2. The number of halogens is 3. The van der Waals surface area contributed by atoms with Crippen molar-refractivity contribution in [2.45, 2.75) is 26.3 Å². The predicted octanol–water partition coefficient (Wildman–Crippen LogP) is 3.89. The Hall–Kier alpha value is -0.350. The normalized spacial score (nSPS) is 17.9. The summed E-state index contributed by atoms with van der Waals surface area (Å²) in [5, 5.41) is 3.80. The van der Waals surface area contributed by atoms with Crippen molar-refractivity contribution in [2.75, 3.05) is 26.2 Å². The van der Waals surface area contributed by atoms with Crippen molar-refractivity contribution in [1.29, 1.82) is 0 Å². The number of nitrogens with zero attached hydrogens (tertiary/aromatic N) is 1. The fraction of sp³-hybridized carbons (Fsp3) is 0.600. The molecule has 0 bridgehead atoms. The van der Waals surface area contributed by atoms with Crippen molar-refractivity contribution in [2.24, 2.45) is 5.92 Å². The van der Waals surface area contributed by atoms with Crippen LogP contribution in [-0.2, 0) is 0 Å². The van der Waals surface area contributed by atoms with Crippen molar-refractivity contribution in [3.8, 4) is 0 Å². The fourth-order valence-electron chi connectivity index (χ4n) is 2.68. The molecule has 114 valence electrons. The standard InChI is InChI=1S/C15H22ClFN2.ClH/c1-11(2)9-15(19-7-5-18-6-8-19)13-4-3-12(16)10-14(13)17;/h3-4,10-11,15,18H,5-9H2,1-2H3;1H/t15-;/m0./s1. The van der Waals surface area contributed by atoms with E-state index in [1.165, 1.54) is 6.07 Å². The lowest BCUT2D eigenvalue weighted by Gasteiger charge is -2.36. The Balaban J connectivity index is 0.00000200. The molecule has 1 aromatic carbocycles. The molecule has 1 fully saturated rings. The van der Waals surface area contributed by atoms with Gasteiger partial charge in [-0.1, -0.05) is 31.5 Å². The maximum absolute atomic E-state index is 14.2. The van der Waals surface area contributed by atoms with Crippen LogP contribution in [0.1, 0.15) is 31.9 Å². The molecule has 2 nitrogen and oxygen atoms in total. The highest BCUT2D eigenvalue weighted by Gasteiger charge is 2.25. The van der Waals surface area contributed by atoms with Crippen LogP contribution in [0, 0.1) is 11.7 Å². The van der Waals surface area contributed by atoms with Crippen LogP contribution in [0.5, 0.6) is 0 Å². The van der Waals surface area contributed by atoms with Crippen molar-refractivity contribution < 1.29 is 4.39 Å². The molecule has 1 atom stereocenters. The van der Waals surface area contributed by atoms with Crippen LogP contribution in [0.25, 0.3) is 0 Å². The summed E-state index contributed by atoms with van der Waals surface area (Å²) in [5.41, 5.74) is 0.778. The first-order valence-electron chi connectivity index (χ1n) is 6.97. The monoisotopic (exact) mass is 320 g/mol. The van der Waals surface area contributed by atoms with Gasteiger partial charge in [-0.25, -0.2) is 4.39 Å². The van der Waals surface area contributed by atoms with Crippen LogP contribution in [0.15, 0.2) is 18.2 Å². The summed E-state index contributed by atoms with van der Waals surface area (Å²) >= 11 is 5.85. The molecule has 0 saturated carbocycles. The van der Waals surface area contributed by atoms with Gasteiger partial charge in [-0.05, 0) is 24.5 Å². The summed E-state index contributed by atoms with van der Waals surface area (Å²) in [5.74, 6) is 0.353. The minimum atomic E-state index is -0.184. The summed E-state index contributed by atoms with van der Waals surface area (Å²) in [6, 6.07) is 5.20. The molecule has 20 heavy (non-hydrogen) atoms. The highest BCUT2D eigenvalue weighted by molar-refractivity contribution is 6.30. The van der Waals surface area contributed by atoms with Gasteiger partial charge < -0.3 is 5.32 Å². The van der Waals surface area contributed by atoms with Gasteiger partial charge in [0.25, 0.3) is 0 Å². The van der Waals surface area contributed by atoms with Gasteiger partial charge in [0.1, 0.15) is 5.82 Å². The smallest absolute Gasteiger partial charge is 0.129 e. The predicted molar refractivity (Wildman–Crippen MR) is 85.3 cm³/mol. The molecule has 1 aliphatic rings. The number of rotatable bonds is 4. The Morgan fingerprint density at radius 3 is 2.50 bits per heavy atom. The maximum Gasteiger partial charge on any atom is 0.129 e. The van der Waals surface area contributed by atoms with E-state index in [1.807, 2.05) is 6.07 Å². The molecule has 0 spiro atoms. The second-order valence-corrected chi connectivity index (χ2v) is 6.03. The Morgan fingerprint density at radius 2 is 1.95 bits per heavy atom. The second-order valence-electron chi connectivity index (χ2n) is 5.60. The Kier molecular flexibility index (Phi) is 7.24. The molecule has 1 heterocycles. The van der Waals surface area contributed by atoms with E-state index in [0.29, 0.717) is 10.9 Å². The molecular weight excluding hydrogens is 298 g/mol. The number of hydrogen-bond donors (Lipinski definition) is 1. The van der Waals surface area contributed by atoms with E-state index in [9.17, 15) is 4.39 Å². The lowest BCUT2D eigenvalue weighted by Crippen LogP contribution is -2.45. The summed E-state index contributed by atoms with van der Waals surface area (Å²) in [7, 11) is 0. The van der Waals surface area contributed by atoms with E-state index in [4.69, 9.17) is 11.6 Å². The second kappa shape index (κ2) is 8.18. The molecule has 0 radical (unpaired) electrons. The first-order chi connectivity index (χ1) is 9.08. The Labute approximate surface area is 132 Å². The van der Waals surface area contributed by atoms with E-state index in [1.54, 1.807) is 6.07 Å². The van der Waals surface area contributed by atoms with Crippen LogP contribution in [0.2, 0.25) is 5.02 Å². The number of nitrogens with one attached hydrogen (secondary N) is 1. The summed E-state index contributed by atoms with van der Waals surface area (Å²) in [6.07, 6.45) is 0.971. The molecular formula is C15H23Cl2FN2. The summed E-state index contributed by atoms with van der Waals surface area (Å²) < 4.78 is 14.2. The third kappa shape index (κ3) is 4.59. The Morgan fingerprint density at radius 1 is 1.30 bits per heavy atom. The SMILES string of the molecule is CC(C)C[C@@H](c1ccc(Cl)cc1F)N1CCNCC1.Cl. The van der Waals surface area contributed by atoms with E-state index in [2.05, 4.69) is 24.1 Å². The zero-order valence-corrected chi connectivity index (χ0v) is 13.6. The number of benzene rings is 1. The van der Waals surface area contributed by atoms with Crippen LogP contribution >= 0.6 is 24.0 Å². The van der Waals surface area contributed by atoms with Crippen LogP contribution in [0.3, 0.4) is 0 Å². The average molecular weight is 321 g/mol. The van der Waals surface area contributed by atoms with Gasteiger partial charge in [0.2, 0.25) is 0 Å². The first-order valence-corrected chi connectivity index (χ1v) is 7.35. The number of piperazine rings is 1. The lowest BCUT2D eigenvalue weighted by atomic mass is 9.94. The maximum atomic E-state index is 14.2. The largest absolute Gasteiger partial charge is 0.314 e. The van der Waals surface area contributed by atoms with Crippen molar-refractivity contribution in [3.63, 3.8) is 0 Å². The van der Waals surface area contributed by atoms with Crippen LogP contribution in [-0.4, -0.2) is 31.1 Å². The molecule has 0 unspecified atom stereocenters. The van der Waals surface area contributed by atoms with Gasteiger partial charge in [-0.15, -0.1) is 12.4 Å². The average Bonchev–Trinajstić information content (AvgIpc) is 2.37. The van der Waals surface area contributed by atoms with Crippen molar-refractivity contribution >= 4 is 24.0 Å². The molecule has 0 aromatic heterocycles. The Bertz CT molecular complexity index is 420. The van der Waals surface area contributed by atoms with Crippen LogP contribution in [0.4, 0.5) is 4.39 Å². The molecule has 1 N–H and O–H groups in total. The van der Waals surface area contributed by atoms with Gasteiger partial charge in [0.05, 0.1) is 0 Å². The zero-order valence-electron chi connectivity index (χ0n) is 12.0. The molecule has 2 rings (SSSR count). The van der Waals surface area contributed by atoms with E-state index in [0.717, 1.165) is 38.2 Å². The topological polar surface area (TPSA) is 15.3 Å². The molecule has 0 amide bonds. The van der Waals surface area contributed by atoms with E-state index in [-0.39, 0.29) is 24.3 Å². The molecule has 0 aliphatic carbocycles. The summed E-state index contributed by atoms with van der Waals surface area (Å²) in [6.45, 7) is 8.26. The zero-order chi connectivity index (χ0) is 13.8. The van der Waals surface area contributed by atoms with Gasteiger partial charge >= 0.3 is 0 Å². The minimum absolute atomic E-state index is 0. The highest BCUT2D eigenvalue weighted by atomic mass is 35.5. The van der Waals surface area contributed by atoms with Crippen molar-refractivity contribution in [1.82, 2.24) is 10.2 Å². The third-order valence-electron chi connectivity index (χ3n) is 3.61. The van der Waals surface area contributed by atoms with E-state index >= 15 is 0 Å². The quantitative estimate of drug-likeness (QED) is 0.905. The molecule has 1 aliphatic heterocycles. The first kappa shape index (κ1) is 17.7. The third-order valence-corrected chi connectivity index (χ3v) is 3.84.